The molecule has 0 atom stereocenters. The molecule has 0 aromatic carbocycles. The van der Waals surface area contributed by atoms with Crippen LogP contribution in [-0.4, -0.2) is 78.3 Å². The molecular formula is C20H37N3O4. The molecule has 1 saturated heterocycles. The molecule has 156 valence electrons. The summed E-state index contributed by atoms with van der Waals surface area (Å²) in [6, 6.07) is 0.770. The molecule has 0 unspecified atom stereocenters. The Morgan fingerprint density at radius 1 is 1.00 bits per heavy atom. The van der Waals surface area contributed by atoms with Crippen molar-refractivity contribution < 1.29 is 19.2 Å². The molecule has 1 aliphatic carbocycles. The first-order valence-corrected chi connectivity index (χ1v) is 10.3. The first-order chi connectivity index (χ1) is 12.7. The van der Waals surface area contributed by atoms with Gasteiger partial charge in [-0.05, 0) is 46.5 Å². The van der Waals surface area contributed by atoms with Crippen molar-refractivity contribution in [2.24, 2.45) is 0 Å². The van der Waals surface area contributed by atoms with E-state index in [-0.39, 0.29) is 12.0 Å². The van der Waals surface area contributed by atoms with Crippen LogP contribution in [0.25, 0.3) is 0 Å². The van der Waals surface area contributed by atoms with Crippen LogP contribution in [0.4, 0.5) is 4.79 Å². The Balaban J connectivity index is 1.97. The van der Waals surface area contributed by atoms with Gasteiger partial charge in [0.1, 0.15) is 5.60 Å². The average molecular weight is 384 g/mol. The maximum absolute atomic E-state index is 12.5. The molecule has 0 aromatic heterocycles. The molecule has 1 heterocycles. The van der Waals surface area contributed by atoms with E-state index in [4.69, 9.17) is 9.57 Å². The van der Waals surface area contributed by atoms with Gasteiger partial charge in [-0.2, -0.15) is 0 Å². The van der Waals surface area contributed by atoms with Gasteiger partial charge in [0.15, 0.2) is 0 Å². The Hall–Kier alpha value is -1.34. The molecule has 0 bridgehead atoms. The highest BCUT2D eigenvalue weighted by molar-refractivity contribution is 5.77. The van der Waals surface area contributed by atoms with Gasteiger partial charge in [-0.25, -0.2) is 9.86 Å². The number of carbonyl (C=O) groups excluding carboxylic acids is 2. The van der Waals surface area contributed by atoms with Crippen LogP contribution in [0, 0.1) is 0 Å². The summed E-state index contributed by atoms with van der Waals surface area (Å²) in [5, 5.41) is 1.31. The fraction of sp³-hybridized carbons (Fsp3) is 0.900. The molecule has 2 aliphatic rings. The van der Waals surface area contributed by atoms with Gasteiger partial charge in [-0.15, -0.1) is 0 Å². The van der Waals surface area contributed by atoms with Crippen LogP contribution in [0.3, 0.4) is 0 Å². The zero-order chi connectivity index (χ0) is 20.0. The van der Waals surface area contributed by atoms with E-state index in [0.717, 1.165) is 25.7 Å². The number of nitrogens with zero attached hydrogens (tertiary/aromatic N) is 3. The summed E-state index contributed by atoms with van der Waals surface area (Å²) in [6.45, 7) is 7.40. The number of likely N-dealkylation sites (N-methyl/N-ethyl adjacent to an activating group) is 1. The minimum absolute atomic E-state index is 0.0161. The van der Waals surface area contributed by atoms with E-state index in [2.05, 4.69) is 4.90 Å². The maximum atomic E-state index is 12.5. The molecule has 27 heavy (non-hydrogen) atoms. The van der Waals surface area contributed by atoms with Crippen LogP contribution in [0.5, 0.6) is 0 Å². The second-order valence-corrected chi connectivity index (χ2v) is 8.74. The van der Waals surface area contributed by atoms with Crippen molar-refractivity contribution in [2.45, 2.75) is 83.4 Å². The molecule has 1 saturated carbocycles. The number of hydrogen-bond acceptors (Lipinski definition) is 5. The number of carbonyl (C=O) groups is 2. The van der Waals surface area contributed by atoms with Crippen LogP contribution >= 0.6 is 0 Å². The van der Waals surface area contributed by atoms with Gasteiger partial charge < -0.3 is 9.64 Å². The minimum Gasteiger partial charge on any atom is -0.444 e. The molecule has 1 aliphatic heterocycles. The zero-order valence-corrected chi connectivity index (χ0v) is 17.7. The third kappa shape index (κ3) is 6.64. The lowest BCUT2D eigenvalue weighted by Gasteiger charge is -2.43. The van der Waals surface area contributed by atoms with Gasteiger partial charge >= 0.3 is 6.09 Å². The highest BCUT2D eigenvalue weighted by Gasteiger charge is 2.34. The van der Waals surface area contributed by atoms with Gasteiger partial charge in [-0.3, -0.25) is 14.5 Å². The summed E-state index contributed by atoms with van der Waals surface area (Å²) in [5.74, 6) is -0.0161. The lowest BCUT2D eigenvalue weighted by molar-refractivity contribution is -0.171. The Labute approximate surface area is 163 Å². The monoisotopic (exact) mass is 383 g/mol. The van der Waals surface area contributed by atoms with E-state index < -0.39 is 5.60 Å². The lowest BCUT2D eigenvalue weighted by Crippen LogP contribution is -2.53. The molecule has 7 heteroatoms. The van der Waals surface area contributed by atoms with Crippen LogP contribution in [0.15, 0.2) is 0 Å². The number of amides is 2. The molecule has 0 N–H and O–H groups in total. The van der Waals surface area contributed by atoms with Gasteiger partial charge in [0.05, 0.1) is 13.7 Å². The van der Waals surface area contributed by atoms with Gasteiger partial charge in [0.25, 0.3) is 5.91 Å². The van der Waals surface area contributed by atoms with Crippen molar-refractivity contribution in [1.82, 2.24) is 14.9 Å². The fourth-order valence-corrected chi connectivity index (χ4v) is 4.03. The molecule has 2 fully saturated rings. The van der Waals surface area contributed by atoms with E-state index in [0.29, 0.717) is 31.7 Å². The molecule has 7 nitrogen and oxygen atoms in total. The largest absolute Gasteiger partial charge is 0.444 e. The Morgan fingerprint density at radius 3 is 2.07 bits per heavy atom. The smallest absolute Gasteiger partial charge is 0.410 e. The second-order valence-electron chi connectivity index (χ2n) is 8.74. The van der Waals surface area contributed by atoms with Crippen LogP contribution in [-0.2, 0) is 14.4 Å². The molecule has 0 radical (unpaired) electrons. The second kappa shape index (κ2) is 9.73. The zero-order valence-electron chi connectivity index (χ0n) is 17.7. The van der Waals surface area contributed by atoms with Gasteiger partial charge in [0, 0.05) is 32.2 Å². The molecule has 2 amide bonds. The van der Waals surface area contributed by atoms with E-state index >= 15 is 0 Å². The van der Waals surface area contributed by atoms with Crippen molar-refractivity contribution >= 4 is 12.0 Å². The van der Waals surface area contributed by atoms with Crippen molar-refractivity contribution in [3.8, 4) is 0 Å². The van der Waals surface area contributed by atoms with Crippen LogP contribution < -0.4 is 0 Å². The number of hydroxylamine groups is 2. The molecule has 2 rings (SSSR count). The fourth-order valence-electron chi connectivity index (χ4n) is 4.03. The predicted molar refractivity (Wildman–Crippen MR) is 104 cm³/mol. The summed E-state index contributed by atoms with van der Waals surface area (Å²) in [5.41, 5.74) is -0.473. The number of ether oxygens (including phenoxy) is 1. The number of hydrogen-bond donors (Lipinski definition) is 0. The Morgan fingerprint density at radius 2 is 1.56 bits per heavy atom. The molecule has 0 spiro atoms. The number of rotatable bonds is 5. The topological polar surface area (TPSA) is 62.3 Å². The third-order valence-corrected chi connectivity index (χ3v) is 5.57. The Bertz CT molecular complexity index is 492. The third-order valence-electron chi connectivity index (χ3n) is 5.57. The molecule has 0 aromatic rings. The van der Waals surface area contributed by atoms with E-state index in [9.17, 15) is 9.59 Å². The summed E-state index contributed by atoms with van der Waals surface area (Å²) in [6.07, 6.45) is 7.55. The predicted octanol–water partition coefficient (Wildman–Crippen LogP) is 3.04. The highest BCUT2D eigenvalue weighted by atomic mass is 16.7. The van der Waals surface area contributed by atoms with Crippen LogP contribution in [0.1, 0.15) is 65.7 Å². The number of likely N-dealkylation sites (tertiary alicyclic amines) is 1. The SMILES string of the molecule is CON(C)C(=O)CN(C1CCCCC1)C1CCN(C(=O)OC(C)(C)C)CC1. The van der Waals surface area contributed by atoms with Crippen molar-refractivity contribution in [1.29, 1.82) is 0 Å². The quantitative estimate of drug-likeness (QED) is 0.683. The van der Waals surface area contributed by atoms with Gasteiger partial charge in [-0.1, -0.05) is 19.3 Å². The van der Waals surface area contributed by atoms with E-state index in [1.54, 1.807) is 11.9 Å². The summed E-state index contributed by atoms with van der Waals surface area (Å²) < 4.78 is 5.50. The summed E-state index contributed by atoms with van der Waals surface area (Å²) in [7, 11) is 3.18. The van der Waals surface area contributed by atoms with E-state index in [1.165, 1.54) is 31.4 Å². The first-order valence-electron chi connectivity index (χ1n) is 10.3. The van der Waals surface area contributed by atoms with Crippen molar-refractivity contribution in [3.05, 3.63) is 0 Å². The standard InChI is InChI=1S/C20H37N3O4/c1-20(2,3)27-19(25)22-13-11-17(12-14-22)23(15-18(24)21(4)26-5)16-9-7-6-8-10-16/h16-17H,6-15H2,1-5H3. The van der Waals surface area contributed by atoms with Gasteiger partial charge in [0.2, 0.25) is 0 Å². The Kier molecular flexibility index (Phi) is 7.91. The highest BCUT2D eigenvalue weighted by Crippen LogP contribution is 2.28. The van der Waals surface area contributed by atoms with Crippen LogP contribution in [0.2, 0.25) is 0 Å². The summed E-state index contributed by atoms with van der Waals surface area (Å²) >= 11 is 0. The van der Waals surface area contributed by atoms with E-state index in [1.807, 2.05) is 20.8 Å². The maximum Gasteiger partial charge on any atom is 0.410 e. The lowest BCUT2D eigenvalue weighted by atomic mass is 9.91. The van der Waals surface area contributed by atoms with Crippen molar-refractivity contribution in [2.75, 3.05) is 33.8 Å². The normalized spacial score (nSPS) is 20.0. The first kappa shape index (κ1) is 22.0. The minimum atomic E-state index is -0.473. The molecular weight excluding hydrogens is 346 g/mol. The van der Waals surface area contributed by atoms with Crippen molar-refractivity contribution in [3.63, 3.8) is 0 Å². The summed E-state index contributed by atoms with van der Waals surface area (Å²) in [4.78, 5) is 34.0. The average Bonchev–Trinajstić information content (AvgIpc) is 2.64. The number of piperidine rings is 1.